The van der Waals surface area contributed by atoms with Crippen LogP contribution in [0.15, 0.2) is 243 Å². The van der Waals surface area contributed by atoms with Crippen molar-refractivity contribution in [3.63, 3.8) is 0 Å². The number of fused-ring (bicyclic) bond motifs is 9. The molecule has 0 fully saturated rings. The van der Waals surface area contributed by atoms with Crippen LogP contribution in [0.25, 0.3) is 82.1 Å². The fraction of sp³-hybridized carbons (Fsp3) is 0.0169. The first-order chi connectivity index (χ1) is 30.2. The Hall–Kier alpha value is -7.94. The van der Waals surface area contributed by atoms with Crippen molar-refractivity contribution < 1.29 is 0 Å². The van der Waals surface area contributed by atoms with Gasteiger partial charge in [0, 0.05) is 33.5 Å². The summed E-state index contributed by atoms with van der Waals surface area (Å²) >= 11 is 0. The number of nitrogens with zero attached hydrogens (tertiary/aromatic N) is 2. The molecule has 1 aromatic heterocycles. The van der Waals surface area contributed by atoms with Crippen LogP contribution in [0.4, 0.5) is 17.1 Å². The molecule has 1 aliphatic carbocycles. The predicted octanol–water partition coefficient (Wildman–Crippen LogP) is 16.5. The zero-order valence-corrected chi connectivity index (χ0v) is 33.7. The van der Waals surface area contributed by atoms with Gasteiger partial charge in [-0.3, -0.25) is 0 Å². The average molecular weight is 779 g/mol. The van der Waals surface area contributed by atoms with Crippen LogP contribution >= 0.6 is 0 Å². The van der Waals surface area contributed by atoms with Crippen LogP contribution in [0.5, 0.6) is 0 Å². The van der Waals surface area contributed by atoms with Gasteiger partial charge in [0.15, 0.2) is 0 Å². The van der Waals surface area contributed by atoms with E-state index in [2.05, 4.69) is 247 Å². The van der Waals surface area contributed by atoms with Crippen LogP contribution in [0.1, 0.15) is 6.42 Å². The molecule has 2 heteroatoms. The van der Waals surface area contributed by atoms with Crippen molar-refractivity contribution in [3.05, 3.63) is 243 Å². The minimum atomic E-state index is 0.833. The van der Waals surface area contributed by atoms with E-state index < -0.39 is 0 Å². The highest BCUT2D eigenvalue weighted by atomic mass is 15.1. The Morgan fingerprint density at radius 1 is 0.377 bits per heavy atom. The third kappa shape index (κ3) is 6.56. The second-order valence-electron chi connectivity index (χ2n) is 15.8. The molecule has 288 valence electrons. The summed E-state index contributed by atoms with van der Waals surface area (Å²) in [5.41, 5.74) is 12.6. The van der Waals surface area contributed by atoms with Crippen molar-refractivity contribution >= 4 is 76.9 Å². The van der Waals surface area contributed by atoms with E-state index in [-0.39, 0.29) is 0 Å². The van der Waals surface area contributed by atoms with E-state index in [0.29, 0.717) is 0 Å². The van der Waals surface area contributed by atoms with Gasteiger partial charge < -0.3 is 9.47 Å². The Morgan fingerprint density at radius 2 is 0.902 bits per heavy atom. The SMILES string of the molecule is C=C1/C=C\C=C/C/C=C(n2c3ccccc3c3cc4c5ccc(N(c6ccc(-c7ccccc7)cc6)c6ccc(-c7ccccc7)cc6)cc5c5ccccc5c4cc32)\C=C/1. The standard InChI is InChI=1S/C59H42N2/c1-41-16-6-2-3-11-21-46(31-26-41)61-58-25-15-14-24-53(58)57-39-55-52-37-36-49(38-54(52)50-22-12-13-23-51(50)56(55)40-59(57)61)60(47-32-27-44(28-33-47)42-17-7-4-8-18-42)48-34-29-45(30-35-48)43-19-9-5-10-20-43/h2-10,12-40H,1,11H2/b3-2-,16-6-,31-26-,46-21+. The molecule has 0 amide bonds. The summed E-state index contributed by atoms with van der Waals surface area (Å²) < 4.78 is 2.43. The Morgan fingerprint density at radius 3 is 1.56 bits per heavy atom. The lowest BCUT2D eigenvalue weighted by Crippen LogP contribution is -2.10. The fourth-order valence-electron chi connectivity index (χ4n) is 9.14. The molecule has 0 spiro atoms. The highest BCUT2D eigenvalue weighted by molar-refractivity contribution is 6.29. The predicted molar refractivity (Wildman–Crippen MR) is 263 cm³/mol. The maximum absolute atomic E-state index is 4.27. The van der Waals surface area contributed by atoms with E-state index in [1.54, 1.807) is 0 Å². The van der Waals surface area contributed by atoms with Crippen LogP contribution < -0.4 is 4.90 Å². The normalized spacial score (nSPS) is 15.5. The Labute approximate surface area is 356 Å². The van der Waals surface area contributed by atoms with Crippen molar-refractivity contribution in [1.82, 2.24) is 4.57 Å². The average Bonchev–Trinajstić information content (AvgIpc) is 3.65. The first-order valence-corrected chi connectivity index (χ1v) is 21.0. The molecular weight excluding hydrogens is 737 g/mol. The molecule has 0 saturated heterocycles. The molecule has 2 nitrogen and oxygen atoms in total. The van der Waals surface area contributed by atoms with Crippen molar-refractivity contribution in [3.8, 4) is 22.3 Å². The lowest BCUT2D eigenvalue weighted by atomic mass is 9.92. The maximum atomic E-state index is 4.27. The first kappa shape index (κ1) is 36.2. The van der Waals surface area contributed by atoms with Crippen LogP contribution in [-0.4, -0.2) is 4.57 Å². The molecule has 11 rings (SSSR count). The summed E-state index contributed by atoms with van der Waals surface area (Å²) in [6.45, 7) is 4.27. The monoisotopic (exact) mass is 778 g/mol. The third-order valence-corrected chi connectivity index (χ3v) is 12.1. The number of para-hydroxylation sites is 1. The van der Waals surface area contributed by atoms with Gasteiger partial charge in [0.1, 0.15) is 0 Å². The van der Waals surface area contributed by atoms with Crippen LogP contribution in [0.2, 0.25) is 0 Å². The molecule has 0 N–H and O–H groups in total. The zero-order valence-electron chi connectivity index (χ0n) is 33.7. The van der Waals surface area contributed by atoms with E-state index >= 15 is 0 Å². The molecule has 0 aliphatic heterocycles. The van der Waals surface area contributed by atoms with Gasteiger partial charge in [0.2, 0.25) is 0 Å². The number of anilines is 3. The number of allylic oxidation sites excluding steroid dienone is 9. The van der Waals surface area contributed by atoms with E-state index in [1.165, 1.54) is 76.4 Å². The Balaban J connectivity index is 1.12. The van der Waals surface area contributed by atoms with Gasteiger partial charge in [0.25, 0.3) is 0 Å². The molecule has 0 saturated carbocycles. The summed E-state index contributed by atoms with van der Waals surface area (Å²) in [6, 6.07) is 68.7. The summed E-state index contributed by atoms with van der Waals surface area (Å²) in [5.74, 6) is 0. The highest BCUT2D eigenvalue weighted by Gasteiger charge is 2.19. The molecule has 61 heavy (non-hydrogen) atoms. The molecule has 0 bridgehead atoms. The van der Waals surface area contributed by atoms with Crippen LogP contribution in [0, 0.1) is 0 Å². The van der Waals surface area contributed by atoms with Gasteiger partial charge in [-0.1, -0.05) is 176 Å². The second-order valence-corrected chi connectivity index (χ2v) is 15.8. The second kappa shape index (κ2) is 15.3. The summed E-state index contributed by atoms with van der Waals surface area (Å²) in [4.78, 5) is 2.39. The van der Waals surface area contributed by atoms with E-state index in [0.717, 1.165) is 34.8 Å². The van der Waals surface area contributed by atoms with Gasteiger partial charge in [0.05, 0.1) is 11.0 Å². The number of hydrogen-bond donors (Lipinski definition) is 0. The van der Waals surface area contributed by atoms with Gasteiger partial charge >= 0.3 is 0 Å². The quantitative estimate of drug-likeness (QED) is 0.153. The molecule has 0 atom stereocenters. The Bertz CT molecular complexity index is 3330. The zero-order chi connectivity index (χ0) is 40.7. The van der Waals surface area contributed by atoms with Crippen LogP contribution in [0.3, 0.4) is 0 Å². The maximum Gasteiger partial charge on any atom is 0.0547 e. The summed E-state index contributed by atoms with van der Waals surface area (Å²) in [6.07, 6.45) is 15.9. The van der Waals surface area contributed by atoms with Crippen molar-refractivity contribution in [2.45, 2.75) is 6.42 Å². The fourth-order valence-corrected chi connectivity index (χ4v) is 9.14. The molecule has 10 aromatic rings. The minimum Gasteiger partial charge on any atom is -0.310 e. The van der Waals surface area contributed by atoms with E-state index in [4.69, 9.17) is 0 Å². The largest absolute Gasteiger partial charge is 0.310 e. The smallest absolute Gasteiger partial charge is 0.0547 e. The number of aromatic nitrogens is 1. The molecule has 1 aliphatic rings. The van der Waals surface area contributed by atoms with Crippen molar-refractivity contribution in [2.24, 2.45) is 0 Å². The number of rotatable bonds is 6. The van der Waals surface area contributed by atoms with Crippen molar-refractivity contribution in [1.29, 1.82) is 0 Å². The summed E-state index contributed by atoms with van der Waals surface area (Å²) in [7, 11) is 0. The summed E-state index contributed by atoms with van der Waals surface area (Å²) in [5, 5.41) is 9.91. The molecule has 0 radical (unpaired) electrons. The van der Waals surface area contributed by atoms with Gasteiger partial charge in [-0.2, -0.15) is 0 Å². The van der Waals surface area contributed by atoms with Gasteiger partial charge in [-0.15, -0.1) is 0 Å². The van der Waals surface area contributed by atoms with Gasteiger partial charge in [-0.05, 0) is 127 Å². The molecule has 9 aromatic carbocycles. The lowest BCUT2D eigenvalue weighted by Gasteiger charge is -2.27. The first-order valence-electron chi connectivity index (χ1n) is 21.0. The number of hydrogen-bond acceptors (Lipinski definition) is 1. The van der Waals surface area contributed by atoms with E-state index in [9.17, 15) is 0 Å². The van der Waals surface area contributed by atoms with E-state index in [1.807, 2.05) is 0 Å². The lowest BCUT2D eigenvalue weighted by molar-refractivity contribution is 1.21. The van der Waals surface area contributed by atoms with Crippen LogP contribution in [-0.2, 0) is 0 Å². The molecular formula is C59H42N2. The molecule has 0 unspecified atom stereocenters. The molecule has 1 heterocycles. The van der Waals surface area contributed by atoms with Crippen molar-refractivity contribution in [2.75, 3.05) is 4.90 Å². The third-order valence-electron chi connectivity index (χ3n) is 12.1. The topological polar surface area (TPSA) is 8.17 Å². The minimum absolute atomic E-state index is 0.833. The van der Waals surface area contributed by atoms with Gasteiger partial charge in [-0.25, -0.2) is 0 Å². The highest BCUT2D eigenvalue weighted by Crippen LogP contribution is 2.44. The Kier molecular flexibility index (Phi) is 9.09. The number of benzene rings is 9.